The second-order valence-electron chi connectivity index (χ2n) is 14.1. The summed E-state index contributed by atoms with van der Waals surface area (Å²) in [5, 5.41) is 0. The van der Waals surface area contributed by atoms with Crippen LogP contribution in [0, 0.1) is 30.1 Å². The van der Waals surface area contributed by atoms with Gasteiger partial charge in [-0.15, -0.1) is 0 Å². The molecular formula is C35H41F5N2O4S. The van der Waals surface area contributed by atoms with E-state index in [9.17, 15) is 35.8 Å². The van der Waals surface area contributed by atoms with Gasteiger partial charge in [0.1, 0.15) is 11.5 Å². The average molecular weight is 681 g/mol. The molecule has 2 saturated carbocycles. The van der Waals surface area contributed by atoms with Gasteiger partial charge in [-0.3, -0.25) is 18.9 Å². The van der Waals surface area contributed by atoms with Gasteiger partial charge in [-0.05, 0) is 110 Å². The number of hydrogen-bond donors (Lipinski definition) is 0. The average Bonchev–Trinajstić information content (AvgIpc) is 3.58. The number of alkyl halides is 5. The van der Waals surface area contributed by atoms with Gasteiger partial charge in [-0.25, -0.2) is 4.79 Å². The quantitative estimate of drug-likeness (QED) is 0.251. The van der Waals surface area contributed by atoms with E-state index in [1.165, 1.54) is 5.56 Å². The van der Waals surface area contributed by atoms with Crippen molar-refractivity contribution < 1.29 is 40.5 Å². The number of halogens is 5. The summed E-state index contributed by atoms with van der Waals surface area (Å²) in [7, 11) is -1.51. The summed E-state index contributed by atoms with van der Waals surface area (Å²) >= 11 is 0. The topological polar surface area (TPSA) is 76.6 Å². The maximum Gasteiger partial charge on any atom is 0.453 e. The van der Waals surface area contributed by atoms with E-state index in [0.717, 1.165) is 41.6 Å². The van der Waals surface area contributed by atoms with E-state index in [-0.39, 0.29) is 40.6 Å². The van der Waals surface area contributed by atoms with Crippen LogP contribution in [0.15, 0.2) is 30.5 Å². The van der Waals surface area contributed by atoms with Gasteiger partial charge in [0, 0.05) is 46.8 Å². The molecule has 0 radical (unpaired) electrons. The van der Waals surface area contributed by atoms with Gasteiger partial charge in [0.15, 0.2) is 0 Å². The van der Waals surface area contributed by atoms with Gasteiger partial charge in [-0.2, -0.15) is 22.0 Å². The van der Waals surface area contributed by atoms with Crippen LogP contribution in [0.2, 0.25) is 0 Å². The number of aromatic nitrogens is 1. The normalized spacial score (nSPS) is 27.6. The lowest BCUT2D eigenvalue weighted by molar-refractivity contribution is -0.284. The number of amides is 1. The zero-order chi connectivity index (χ0) is 33.7. The lowest BCUT2D eigenvalue weighted by atomic mass is 9.52. The molecule has 6 nitrogen and oxygen atoms in total. The molecule has 1 aromatic carbocycles. The van der Waals surface area contributed by atoms with E-state index in [1.807, 2.05) is 25.1 Å². The fourth-order valence-corrected chi connectivity index (χ4v) is 9.94. The van der Waals surface area contributed by atoms with E-state index in [2.05, 4.69) is 18.0 Å². The number of ether oxygens (including phenoxy) is 1. The Labute approximate surface area is 274 Å². The number of fused-ring (bicyclic) bond motifs is 6. The Kier molecular flexibility index (Phi) is 9.30. The molecule has 6 atom stereocenters. The van der Waals surface area contributed by atoms with Crippen molar-refractivity contribution in [3.63, 3.8) is 0 Å². The number of aryl methyl sites for hydroxylation is 1. The van der Waals surface area contributed by atoms with Gasteiger partial charge in [0.25, 0.3) is 0 Å². The number of Topliss-reactive ketones (excluding diaryl/α,β-unsaturated/α-hetero) is 1. The summed E-state index contributed by atoms with van der Waals surface area (Å²) in [4.78, 5) is 32.2. The molecule has 47 heavy (non-hydrogen) atoms. The van der Waals surface area contributed by atoms with Gasteiger partial charge in [-0.1, -0.05) is 19.1 Å². The summed E-state index contributed by atoms with van der Waals surface area (Å²) in [6, 6.07) is 7.90. The van der Waals surface area contributed by atoms with Crippen LogP contribution in [0.25, 0.3) is 0 Å². The highest BCUT2D eigenvalue weighted by molar-refractivity contribution is 7.84. The third kappa shape index (κ3) is 6.59. The van der Waals surface area contributed by atoms with Gasteiger partial charge < -0.3 is 4.74 Å². The lowest BCUT2D eigenvalue weighted by Crippen LogP contribution is -2.46. The minimum atomic E-state index is -5.60. The van der Waals surface area contributed by atoms with Crippen molar-refractivity contribution in [2.45, 2.75) is 103 Å². The first-order chi connectivity index (χ1) is 22.2. The van der Waals surface area contributed by atoms with Crippen molar-refractivity contribution in [3.8, 4) is 5.75 Å². The van der Waals surface area contributed by atoms with Crippen LogP contribution in [0.5, 0.6) is 5.75 Å². The number of nitrogens with zero attached hydrogens (tertiary/aromatic N) is 2. The van der Waals surface area contributed by atoms with Crippen molar-refractivity contribution in [2.75, 3.05) is 11.5 Å². The third-order valence-corrected chi connectivity index (χ3v) is 12.8. The van der Waals surface area contributed by atoms with Crippen molar-refractivity contribution in [1.29, 1.82) is 0 Å². The largest absolute Gasteiger partial charge is 0.453 e. The number of pyridine rings is 1. The maximum atomic E-state index is 13.3. The highest BCUT2D eigenvalue weighted by atomic mass is 32.2. The maximum absolute atomic E-state index is 13.3. The highest BCUT2D eigenvalue weighted by Crippen LogP contribution is 2.61. The standard InChI is InChI=1S/C35H41F5N2O4S/c1-21-16-26-24(18-29(21)46-32(44)42-19-23-6-3-13-41-28(23)20-42)17-22(31-25(26)10-12-33(2)27(31)8-9-30(33)43)7-4-14-47(45)15-5-11-34(36,37)35(38,39)40/h3,6,13,16,18,22,25,27,31H,4-5,7-12,14-15,17,19-20H2,1-2H3/t22-,25-,27+,31-,33+,47?/m1/s1. The second kappa shape index (κ2) is 12.9. The molecule has 2 heterocycles. The van der Waals surface area contributed by atoms with Crippen molar-refractivity contribution >= 4 is 22.7 Å². The van der Waals surface area contributed by atoms with Crippen molar-refractivity contribution in [2.24, 2.45) is 23.2 Å². The number of ketones is 1. The molecule has 1 amide bonds. The van der Waals surface area contributed by atoms with E-state index >= 15 is 0 Å². The number of carbonyl (C=O) groups is 2. The smallest absolute Gasteiger partial charge is 0.410 e. The molecule has 1 aliphatic heterocycles. The summed E-state index contributed by atoms with van der Waals surface area (Å²) in [5.41, 5.74) is 4.68. The molecule has 2 fully saturated rings. The number of hydrogen-bond acceptors (Lipinski definition) is 5. The fourth-order valence-electron chi connectivity index (χ4n) is 8.78. The number of carbonyl (C=O) groups excluding carboxylic acids is 2. The minimum absolute atomic E-state index is 0.167. The van der Waals surface area contributed by atoms with Gasteiger partial charge in [0.2, 0.25) is 0 Å². The first-order valence-corrected chi connectivity index (χ1v) is 18.0. The summed E-state index contributed by atoms with van der Waals surface area (Å²) in [6.07, 6.45) is -1.14. The molecule has 1 aromatic heterocycles. The molecule has 256 valence electrons. The third-order valence-electron chi connectivity index (χ3n) is 11.3. The van der Waals surface area contributed by atoms with Crippen LogP contribution in [0.4, 0.5) is 26.7 Å². The predicted molar refractivity (Wildman–Crippen MR) is 167 cm³/mol. The van der Waals surface area contributed by atoms with Crippen LogP contribution in [0.3, 0.4) is 0 Å². The van der Waals surface area contributed by atoms with E-state index < -0.39 is 41.8 Å². The lowest BCUT2D eigenvalue weighted by Gasteiger charge is -2.52. The fraction of sp³-hybridized carbons (Fsp3) is 0.629. The Hall–Kier alpha value is -2.89. The molecule has 0 bridgehead atoms. The molecular weight excluding hydrogens is 639 g/mol. The molecule has 2 aromatic rings. The first-order valence-electron chi connectivity index (χ1n) is 16.5. The summed E-state index contributed by atoms with van der Waals surface area (Å²) in [5.74, 6) is -3.07. The highest BCUT2D eigenvalue weighted by Gasteiger charge is 2.57. The Balaban J connectivity index is 1.16. The Morgan fingerprint density at radius 2 is 1.87 bits per heavy atom. The van der Waals surface area contributed by atoms with E-state index in [4.69, 9.17) is 4.74 Å². The van der Waals surface area contributed by atoms with Crippen LogP contribution >= 0.6 is 0 Å². The zero-order valence-electron chi connectivity index (χ0n) is 26.7. The molecule has 6 rings (SSSR count). The van der Waals surface area contributed by atoms with Gasteiger partial charge in [0.05, 0.1) is 18.8 Å². The molecule has 1 unspecified atom stereocenters. The minimum Gasteiger partial charge on any atom is -0.410 e. The zero-order valence-corrected chi connectivity index (χ0v) is 27.5. The summed E-state index contributed by atoms with van der Waals surface area (Å²) in [6.45, 7) is 4.86. The first kappa shape index (κ1) is 34.0. The van der Waals surface area contributed by atoms with Gasteiger partial charge >= 0.3 is 18.2 Å². The van der Waals surface area contributed by atoms with Crippen LogP contribution in [0.1, 0.15) is 92.2 Å². The molecule has 12 heteroatoms. The molecule has 3 aliphatic carbocycles. The molecule has 4 aliphatic rings. The monoisotopic (exact) mass is 680 g/mol. The number of rotatable bonds is 9. The predicted octanol–water partition coefficient (Wildman–Crippen LogP) is 8.06. The Bertz CT molecular complexity index is 1540. The van der Waals surface area contributed by atoms with E-state index in [0.29, 0.717) is 50.3 Å². The van der Waals surface area contributed by atoms with Crippen molar-refractivity contribution in [3.05, 3.63) is 58.4 Å². The van der Waals surface area contributed by atoms with Crippen LogP contribution < -0.4 is 4.74 Å². The summed E-state index contributed by atoms with van der Waals surface area (Å²) < 4.78 is 82.7. The number of benzene rings is 1. The molecule has 0 N–H and O–H groups in total. The molecule has 0 saturated heterocycles. The second-order valence-corrected chi connectivity index (χ2v) is 15.8. The Morgan fingerprint density at radius 1 is 1.11 bits per heavy atom. The van der Waals surface area contributed by atoms with Crippen LogP contribution in [-0.4, -0.2) is 49.6 Å². The Morgan fingerprint density at radius 3 is 2.62 bits per heavy atom. The van der Waals surface area contributed by atoms with E-state index in [1.54, 1.807) is 11.1 Å². The van der Waals surface area contributed by atoms with Crippen LogP contribution in [-0.2, 0) is 35.1 Å². The SMILES string of the molecule is Cc1cc2c(cc1OC(=O)N1Cc3cccnc3C1)C[C@@H](CCCS(=O)CCCC(F)(F)C(F)(F)F)[C@@H]1[C@@H]2CC[C@]2(C)C(=O)CC[C@@H]12. The van der Waals surface area contributed by atoms with Crippen molar-refractivity contribution in [1.82, 2.24) is 9.88 Å². The molecule has 0 spiro atoms.